The van der Waals surface area contributed by atoms with E-state index in [-0.39, 0.29) is 0 Å². The summed E-state index contributed by atoms with van der Waals surface area (Å²) in [5.74, 6) is 0.694. The van der Waals surface area contributed by atoms with E-state index in [2.05, 4.69) is 206 Å². The first-order chi connectivity index (χ1) is 32.1. The molecule has 7 aromatic carbocycles. The van der Waals surface area contributed by atoms with Gasteiger partial charge < -0.3 is 0 Å². The lowest BCUT2D eigenvalue weighted by molar-refractivity contribution is 1.05. The lowest BCUT2D eigenvalue weighted by Gasteiger charge is -2.13. The quantitative estimate of drug-likeness (QED) is 0.130. The molecular formula is C61H48N4. The number of nitrogens with zero attached hydrogens (tertiary/aromatic N) is 4. The Labute approximate surface area is 382 Å². The van der Waals surface area contributed by atoms with Crippen molar-refractivity contribution in [2.24, 2.45) is 9.98 Å². The maximum absolute atomic E-state index is 5.58. The van der Waals surface area contributed by atoms with Gasteiger partial charge in [0.1, 0.15) is 0 Å². The standard InChI is InChI=1S/C61H48N4/c1-3-42-14-5-15-44(32-42)45-16-6-17-46(33-45)51-22-11-27-56(38-51)61-64-59(54-25-9-20-49(36-54)47-18-7-23-52(34-47)57-28-12-30-62-40-57)39-43(4-2)60(65-61)55-26-10-21-50(37-55)48-19-8-24-53(35-48)58-29-13-31-63-41-58/h5-38,40-41H,3-4,39H2,1-2H3. The van der Waals surface area contributed by atoms with E-state index in [1.807, 2.05) is 36.9 Å². The number of hydrogen-bond donors (Lipinski definition) is 0. The van der Waals surface area contributed by atoms with E-state index in [9.17, 15) is 0 Å². The van der Waals surface area contributed by atoms with Crippen molar-refractivity contribution in [3.63, 3.8) is 0 Å². The second-order valence-electron chi connectivity index (χ2n) is 16.5. The van der Waals surface area contributed by atoms with Crippen LogP contribution in [0.2, 0.25) is 0 Å². The third-order valence-corrected chi connectivity index (χ3v) is 12.3. The van der Waals surface area contributed by atoms with Crippen LogP contribution < -0.4 is 0 Å². The fourth-order valence-electron chi connectivity index (χ4n) is 8.75. The number of aryl methyl sites for hydroxylation is 1. The number of aromatic nitrogens is 2. The molecule has 0 saturated carbocycles. The fraction of sp³-hybridized carbons (Fsp3) is 0.0820. The molecule has 0 bridgehead atoms. The summed E-state index contributed by atoms with van der Waals surface area (Å²) in [7, 11) is 0. The van der Waals surface area contributed by atoms with Gasteiger partial charge in [0, 0.05) is 53.5 Å². The molecule has 9 aromatic rings. The zero-order valence-electron chi connectivity index (χ0n) is 36.7. The number of amidine groups is 1. The van der Waals surface area contributed by atoms with Crippen molar-refractivity contribution < 1.29 is 0 Å². The highest BCUT2D eigenvalue weighted by atomic mass is 14.9. The van der Waals surface area contributed by atoms with Crippen LogP contribution in [0.15, 0.2) is 234 Å². The Bertz CT molecular complexity index is 3250. The predicted molar refractivity (Wildman–Crippen MR) is 272 cm³/mol. The van der Waals surface area contributed by atoms with Gasteiger partial charge in [-0.2, -0.15) is 0 Å². The van der Waals surface area contributed by atoms with Crippen molar-refractivity contribution in [1.82, 2.24) is 9.97 Å². The van der Waals surface area contributed by atoms with Crippen LogP contribution in [-0.4, -0.2) is 21.5 Å². The summed E-state index contributed by atoms with van der Waals surface area (Å²) in [4.78, 5) is 19.9. The van der Waals surface area contributed by atoms with Crippen LogP contribution in [0.4, 0.5) is 0 Å². The Morgan fingerprint density at radius 1 is 0.338 bits per heavy atom. The molecule has 0 atom stereocenters. The van der Waals surface area contributed by atoms with Crippen molar-refractivity contribution >= 4 is 17.2 Å². The number of aliphatic imine (C=N–C) groups is 2. The molecule has 0 spiro atoms. The van der Waals surface area contributed by atoms with E-state index in [0.717, 1.165) is 96.6 Å². The number of hydrogen-bond acceptors (Lipinski definition) is 4. The number of allylic oxidation sites excluding steroid dienone is 1. The second-order valence-corrected chi connectivity index (χ2v) is 16.5. The molecule has 0 saturated heterocycles. The van der Waals surface area contributed by atoms with Gasteiger partial charge in [-0.15, -0.1) is 0 Å². The van der Waals surface area contributed by atoms with Crippen LogP contribution in [0.25, 0.3) is 72.5 Å². The van der Waals surface area contributed by atoms with E-state index in [1.165, 1.54) is 22.3 Å². The van der Waals surface area contributed by atoms with Gasteiger partial charge in [0.2, 0.25) is 0 Å². The Kier molecular flexibility index (Phi) is 11.8. The highest BCUT2D eigenvalue weighted by molar-refractivity contribution is 6.16. The fourth-order valence-corrected chi connectivity index (χ4v) is 8.75. The molecule has 0 aliphatic carbocycles. The van der Waals surface area contributed by atoms with E-state index < -0.39 is 0 Å². The van der Waals surface area contributed by atoms with Gasteiger partial charge in [-0.05, 0) is 134 Å². The molecule has 312 valence electrons. The largest absolute Gasteiger partial charge is 0.264 e. The lowest BCUT2D eigenvalue weighted by Crippen LogP contribution is -2.06. The molecule has 1 aliphatic heterocycles. The average molecular weight is 837 g/mol. The summed E-state index contributed by atoms with van der Waals surface area (Å²) in [6.45, 7) is 4.44. The van der Waals surface area contributed by atoms with Gasteiger partial charge in [0.15, 0.2) is 5.84 Å². The smallest absolute Gasteiger partial charge is 0.160 e. The van der Waals surface area contributed by atoms with Gasteiger partial charge >= 0.3 is 0 Å². The van der Waals surface area contributed by atoms with Crippen LogP contribution in [-0.2, 0) is 6.42 Å². The SMILES string of the molecule is CCC1=C(c2cccc(-c3cccc(-c4cccnc4)c3)c2)N=C(c2cccc(-c3cccc(-c4cccc(CC)c4)c3)c2)N=C(c2cccc(-c3cccc(-c4cccnc4)c3)c2)C1. The van der Waals surface area contributed by atoms with Crippen molar-refractivity contribution in [3.05, 3.63) is 247 Å². The molecule has 0 amide bonds. The molecule has 0 fully saturated rings. The van der Waals surface area contributed by atoms with Crippen LogP contribution in [0.1, 0.15) is 48.9 Å². The Balaban J connectivity index is 1.08. The van der Waals surface area contributed by atoms with Gasteiger partial charge in [-0.25, -0.2) is 9.98 Å². The monoisotopic (exact) mass is 836 g/mol. The van der Waals surface area contributed by atoms with Gasteiger partial charge in [0.25, 0.3) is 0 Å². The maximum atomic E-state index is 5.58. The molecule has 10 rings (SSSR count). The number of benzene rings is 7. The summed E-state index contributed by atoms with van der Waals surface area (Å²) in [6, 6.07) is 69.6. The van der Waals surface area contributed by atoms with Crippen molar-refractivity contribution in [2.45, 2.75) is 33.1 Å². The molecule has 0 N–H and O–H groups in total. The molecule has 4 nitrogen and oxygen atoms in total. The summed E-state index contributed by atoms with van der Waals surface area (Å²) in [5, 5.41) is 0. The summed E-state index contributed by atoms with van der Waals surface area (Å²) >= 11 is 0. The van der Waals surface area contributed by atoms with E-state index >= 15 is 0 Å². The Morgan fingerprint density at radius 3 is 1.17 bits per heavy atom. The first kappa shape index (κ1) is 41.0. The second kappa shape index (κ2) is 18.7. The molecule has 0 radical (unpaired) electrons. The predicted octanol–water partition coefficient (Wildman–Crippen LogP) is 15.5. The minimum Gasteiger partial charge on any atom is -0.264 e. The third-order valence-electron chi connectivity index (χ3n) is 12.3. The molecule has 3 heterocycles. The van der Waals surface area contributed by atoms with Crippen LogP contribution in [0, 0.1) is 0 Å². The minimum atomic E-state index is 0.664. The minimum absolute atomic E-state index is 0.664. The van der Waals surface area contributed by atoms with Crippen LogP contribution >= 0.6 is 0 Å². The average Bonchev–Trinajstić information content (AvgIpc) is 3.60. The Hall–Kier alpha value is -8.08. The molecule has 1 aliphatic rings. The molecular weight excluding hydrogens is 789 g/mol. The molecule has 4 heteroatoms. The van der Waals surface area contributed by atoms with Gasteiger partial charge in [-0.3, -0.25) is 9.97 Å². The zero-order valence-corrected chi connectivity index (χ0v) is 36.7. The molecule has 0 unspecified atom stereocenters. The third kappa shape index (κ3) is 9.07. The number of pyridine rings is 2. The molecule has 2 aromatic heterocycles. The first-order valence-corrected chi connectivity index (χ1v) is 22.5. The van der Waals surface area contributed by atoms with Gasteiger partial charge in [0.05, 0.1) is 11.4 Å². The summed E-state index contributed by atoms with van der Waals surface area (Å²) in [5.41, 5.74) is 21.3. The van der Waals surface area contributed by atoms with E-state index in [1.54, 1.807) is 0 Å². The highest BCUT2D eigenvalue weighted by Gasteiger charge is 2.20. The Morgan fingerprint density at radius 2 is 0.708 bits per heavy atom. The topological polar surface area (TPSA) is 50.5 Å². The highest BCUT2D eigenvalue weighted by Crippen LogP contribution is 2.36. The van der Waals surface area contributed by atoms with E-state index in [4.69, 9.17) is 9.98 Å². The van der Waals surface area contributed by atoms with Crippen LogP contribution in [0.5, 0.6) is 0 Å². The lowest BCUT2D eigenvalue weighted by atomic mass is 9.93. The van der Waals surface area contributed by atoms with Crippen LogP contribution in [0.3, 0.4) is 0 Å². The van der Waals surface area contributed by atoms with Gasteiger partial charge in [-0.1, -0.05) is 159 Å². The normalized spacial score (nSPS) is 12.6. The number of rotatable bonds is 11. The van der Waals surface area contributed by atoms with Crippen molar-refractivity contribution in [2.75, 3.05) is 0 Å². The maximum Gasteiger partial charge on any atom is 0.160 e. The zero-order chi connectivity index (χ0) is 44.0. The molecule has 65 heavy (non-hydrogen) atoms. The van der Waals surface area contributed by atoms with Crippen molar-refractivity contribution in [1.29, 1.82) is 0 Å². The van der Waals surface area contributed by atoms with Crippen molar-refractivity contribution in [3.8, 4) is 66.8 Å². The first-order valence-electron chi connectivity index (χ1n) is 22.5. The summed E-state index contributed by atoms with van der Waals surface area (Å²) in [6.07, 6.45) is 9.95. The summed E-state index contributed by atoms with van der Waals surface area (Å²) < 4.78 is 0. The van der Waals surface area contributed by atoms with E-state index in [0.29, 0.717) is 12.3 Å².